The number of nitrogens with one attached hydrogen (secondary N) is 1. The number of anilines is 1. The molecule has 2 amide bonds. The summed E-state index contributed by atoms with van der Waals surface area (Å²) in [5.74, 6) is -2.24. The Morgan fingerprint density at radius 1 is 1.25 bits per heavy atom. The lowest BCUT2D eigenvalue weighted by atomic mass is 10.1. The molecule has 1 aliphatic heterocycles. The predicted molar refractivity (Wildman–Crippen MR) is 90.0 cm³/mol. The van der Waals surface area contributed by atoms with Crippen molar-refractivity contribution < 1.29 is 41.8 Å². The second-order valence-corrected chi connectivity index (χ2v) is 5.94. The van der Waals surface area contributed by atoms with Crippen LogP contribution in [0.2, 0.25) is 0 Å². The average Bonchev–Trinajstić information content (AvgIpc) is 3.04. The third-order valence-corrected chi connectivity index (χ3v) is 3.97. The van der Waals surface area contributed by atoms with E-state index in [2.05, 4.69) is 0 Å². The minimum Gasteiger partial charge on any atom is -0.497 e. The maximum absolute atomic E-state index is 12.3. The summed E-state index contributed by atoms with van der Waals surface area (Å²) in [6, 6.07) is 4.81. The first kappa shape index (κ1) is 21.3. The molecule has 1 atom stereocenters. The van der Waals surface area contributed by atoms with Crippen molar-refractivity contribution in [3.05, 3.63) is 18.2 Å². The number of hydrogen-bond acceptors (Lipinski definition) is 6. The van der Waals surface area contributed by atoms with Gasteiger partial charge in [0.25, 0.3) is 5.91 Å². The minimum absolute atomic E-state index is 0.00940. The fraction of sp³-hybridized carbons (Fsp3) is 0.471. The molecular weight excluding hydrogens is 385 g/mol. The normalized spacial score (nSPS) is 16.7. The molecule has 0 unspecified atom stereocenters. The van der Waals surface area contributed by atoms with E-state index in [1.807, 2.05) is 0 Å². The standard InChI is InChI=1S/C17H19F3N2O6/c1-26-11-3-4-12(13(6-11)27-2)22-7-10(5-15(22)24)16(25)28-8-14(23)21-9-17(18,19)20/h3-4,6,10H,5,7-9H2,1-2H3,(H,21,23)/t10-/m1/s1. The quantitative estimate of drug-likeness (QED) is 0.688. The van der Waals surface area contributed by atoms with Crippen LogP contribution >= 0.6 is 0 Å². The Kier molecular flexibility index (Phi) is 6.71. The summed E-state index contributed by atoms with van der Waals surface area (Å²) >= 11 is 0. The Morgan fingerprint density at radius 3 is 2.57 bits per heavy atom. The number of carbonyl (C=O) groups is 3. The summed E-state index contributed by atoms with van der Waals surface area (Å²) in [4.78, 5) is 37.0. The van der Waals surface area contributed by atoms with E-state index in [1.165, 1.54) is 19.1 Å². The number of hydrogen-bond donors (Lipinski definition) is 1. The Bertz CT molecular complexity index is 753. The molecule has 0 spiro atoms. The van der Waals surface area contributed by atoms with Crippen LogP contribution in [-0.4, -0.2) is 57.9 Å². The summed E-state index contributed by atoms with van der Waals surface area (Å²) < 4.78 is 51.2. The van der Waals surface area contributed by atoms with E-state index in [1.54, 1.807) is 23.5 Å². The maximum Gasteiger partial charge on any atom is 0.405 e. The SMILES string of the molecule is COc1ccc(N2C[C@H](C(=O)OCC(=O)NCC(F)(F)F)CC2=O)c(OC)c1. The van der Waals surface area contributed by atoms with Crippen LogP contribution in [0.3, 0.4) is 0 Å². The van der Waals surface area contributed by atoms with Gasteiger partial charge in [0.2, 0.25) is 5.91 Å². The lowest BCUT2D eigenvalue weighted by Gasteiger charge is -2.20. The molecule has 11 heteroatoms. The van der Waals surface area contributed by atoms with E-state index in [0.717, 1.165) is 0 Å². The maximum atomic E-state index is 12.3. The van der Waals surface area contributed by atoms with Gasteiger partial charge >= 0.3 is 12.1 Å². The first-order chi connectivity index (χ1) is 13.1. The summed E-state index contributed by atoms with van der Waals surface area (Å²) in [7, 11) is 2.90. The Balaban J connectivity index is 1.95. The molecule has 0 saturated carbocycles. The number of ether oxygens (including phenoxy) is 3. The van der Waals surface area contributed by atoms with Crippen LogP contribution in [0.4, 0.5) is 18.9 Å². The van der Waals surface area contributed by atoms with Crippen LogP contribution in [-0.2, 0) is 19.1 Å². The van der Waals surface area contributed by atoms with Gasteiger partial charge in [0, 0.05) is 19.0 Å². The summed E-state index contributed by atoms with van der Waals surface area (Å²) in [6.45, 7) is -2.38. The highest BCUT2D eigenvalue weighted by Crippen LogP contribution is 2.36. The Morgan fingerprint density at radius 2 is 1.96 bits per heavy atom. The number of rotatable bonds is 7. The van der Waals surface area contributed by atoms with Crippen LogP contribution in [0.5, 0.6) is 11.5 Å². The number of nitrogens with zero attached hydrogens (tertiary/aromatic N) is 1. The smallest absolute Gasteiger partial charge is 0.405 e. The van der Waals surface area contributed by atoms with Gasteiger partial charge in [-0.15, -0.1) is 0 Å². The van der Waals surface area contributed by atoms with Crippen molar-refractivity contribution in [2.24, 2.45) is 5.92 Å². The molecule has 8 nitrogen and oxygen atoms in total. The number of methoxy groups -OCH3 is 2. The van der Waals surface area contributed by atoms with Crippen LogP contribution in [0, 0.1) is 5.92 Å². The van der Waals surface area contributed by atoms with Crippen molar-refractivity contribution in [1.29, 1.82) is 0 Å². The van der Waals surface area contributed by atoms with E-state index in [4.69, 9.17) is 14.2 Å². The molecular formula is C17H19F3N2O6. The van der Waals surface area contributed by atoms with Crippen molar-refractivity contribution >= 4 is 23.5 Å². The molecule has 1 saturated heterocycles. The average molecular weight is 404 g/mol. The molecule has 1 heterocycles. The minimum atomic E-state index is -4.56. The molecule has 1 N–H and O–H groups in total. The van der Waals surface area contributed by atoms with Gasteiger partial charge in [0.1, 0.15) is 18.0 Å². The van der Waals surface area contributed by atoms with Gasteiger partial charge in [-0.05, 0) is 12.1 Å². The number of amides is 2. The van der Waals surface area contributed by atoms with Crippen LogP contribution in [0.25, 0.3) is 0 Å². The third-order valence-electron chi connectivity index (χ3n) is 3.97. The second kappa shape index (κ2) is 8.81. The van der Waals surface area contributed by atoms with E-state index in [0.29, 0.717) is 17.2 Å². The van der Waals surface area contributed by atoms with Gasteiger partial charge in [-0.3, -0.25) is 14.4 Å². The second-order valence-electron chi connectivity index (χ2n) is 5.94. The highest BCUT2D eigenvalue weighted by molar-refractivity contribution is 6.00. The van der Waals surface area contributed by atoms with Crippen LogP contribution < -0.4 is 19.7 Å². The first-order valence-corrected chi connectivity index (χ1v) is 8.17. The molecule has 0 aromatic heterocycles. The van der Waals surface area contributed by atoms with Gasteiger partial charge in [-0.1, -0.05) is 0 Å². The summed E-state index contributed by atoms with van der Waals surface area (Å²) in [5.41, 5.74) is 0.437. The van der Waals surface area contributed by atoms with Gasteiger partial charge in [0.15, 0.2) is 6.61 Å². The zero-order chi connectivity index (χ0) is 20.9. The van der Waals surface area contributed by atoms with Crippen molar-refractivity contribution in [3.8, 4) is 11.5 Å². The fourth-order valence-corrected chi connectivity index (χ4v) is 2.61. The molecule has 0 bridgehead atoms. The Labute approximate surface area is 158 Å². The predicted octanol–water partition coefficient (Wildman–Crippen LogP) is 1.28. The first-order valence-electron chi connectivity index (χ1n) is 8.17. The highest BCUT2D eigenvalue weighted by atomic mass is 19.4. The molecule has 1 aliphatic rings. The summed E-state index contributed by atoms with van der Waals surface area (Å²) in [6.07, 6.45) is -4.71. The topological polar surface area (TPSA) is 94.2 Å². The zero-order valence-corrected chi connectivity index (χ0v) is 15.2. The van der Waals surface area contributed by atoms with Crippen LogP contribution in [0.15, 0.2) is 18.2 Å². The lowest BCUT2D eigenvalue weighted by molar-refractivity contribution is -0.154. The fourth-order valence-electron chi connectivity index (χ4n) is 2.61. The lowest BCUT2D eigenvalue weighted by Crippen LogP contribution is -2.37. The third kappa shape index (κ3) is 5.51. The molecule has 0 radical (unpaired) electrons. The molecule has 1 aromatic rings. The molecule has 28 heavy (non-hydrogen) atoms. The van der Waals surface area contributed by atoms with Crippen molar-refractivity contribution in [2.75, 3.05) is 38.8 Å². The Hall–Kier alpha value is -2.98. The van der Waals surface area contributed by atoms with Gasteiger partial charge in [-0.25, -0.2) is 0 Å². The number of benzene rings is 1. The molecule has 0 aliphatic carbocycles. The van der Waals surface area contributed by atoms with Gasteiger partial charge in [0.05, 0.1) is 25.8 Å². The van der Waals surface area contributed by atoms with E-state index >= 15 is 0 Å². The van der Waals surface area contributed by atoms with Crippen molar-refractivity contribution in [2.45, 2.75) is 12.6 Å². The van der Waals surface area contributed by atoms with E-state index in [-0.39, 0.29) is 18.9 Å². The molecule has 1 aromatic carbocycles. The van der Waals surface area contributed by atoms with E-state index < -0.39 is 37.1 Å². The number of esters is 1. The van der Waals surface area contributed by atoms with Crippen LogP contribution in [0.1, 0.15) is 6.42 Å². The van der Waals surface area contributed by atoms with Crippen molar-refractivity contribution in [3.63, 3.8) is 0 Å². The van der Waals surface area contributed by atoms with Gasteiger partial charge in [-0.2, -0.15) is 13.2 Å². The zero-order valence-electron chi connectivity index (χ0n) is 15.2. The number of alkyl halides is 3. The highest BCUT2D eigenvalue weighted by Gasteiger charge is 2.37. The van der Waals surface area contributed by atoms with Gasteiger partial charge < -0.3 is 24.4 Å². The molecule has 2 rings (SSSR count). The molecule has 154 valence electrons. The number of halogens is 3. The number of carbonyl (C=O) groups excluding carboxylic acids is 3. The monoisotopic (exact) mass is 404 g/mol. The van der Waals surface area contributed by atoms with E-state index in [9.17, 15) is 27.6 Å². The largest absolute Gasteiger partial charge is 0.497 e. The molecule has 1 fully saturated rings. The van der Waals surface area contributed by atoms with Crippen molar-refractivity contribution in [1.82, 2.24) is 5.32 Å². The summed E-state index contributed by atoms with van der Waals surface area (Å²) in [5, 5.41) is 1.59.